The highest BCUT2D eigenvalue weighted by molar-refractivity contribution is 5.83. The molecule has 0 amide bonds. The Hall–Kier alpha value is -3.85. The molecule has 4 aromatic carbocycles. The van der Waals surface area contributed by atoms with Gasteiger partial charge in [0, 0.05) is 56.6 Å². The third kappa shape index (κ3) is 4.30. The van der Waals surface area contributed by atoms with Crippen LogP contribution >= 0.6 is 0 Å². The van der Waals surface area contributed by atoms with E-state index in [1.165, 1.54) is 33.6 Å². The number of hydrogen-bond donors (Lipinski definition) is 0. The molecule has 0 spiro atoms. The Morgan fingerprint density at radius 1 is 0.722 bits per heavy atom. The molecular weight excluding hydrogens is 438 g/mol. The fourth-order valence-electron chi connectivity index (χ4n) is 5.92. The lowest BCUT2D eigenvalue weighted by Crippen LogP contribution is -2.37. The highest BCUT2D eigenvalue weighted by Gasteiger charge is 2.34. The summed E-state index contributed by atoms with van der Waals surface area (Å²) in [6, 6.07) is 35.3. The van der Waals surface area contributed by atoms with E-state index < -0.39 is 0 Å². The predicted molar refractivity (Wildman–Crippen MR) is 152 cm³/mol. The van der Waals surface area contributed by atoms with Crippen LogP contribution in [0.4, 0.5) is 17.1 Å². The maximum atomic E-state index is 5.02. The maximum Gasteiger partial charge on any atom is 0.0637 e. The van der Waals surface area contributed by atoms with E-state index in [-0.39, 0.29) is 0 Å². The topological polar surface area (TPSA) is 18.8 Å². The first-order valence-corrected chi connectivity index (χ1v) is 13.0. The second kappa shape index (κ2) is 9.66. The van der Waals surface area contributed by atoms with E-state index in [9.17, 15) is 0 Å². The lowest BCUT2D eigenvalue weighted by molar-refractivity contribution is 0.571. The van der Waals surface area contributed by atoms with Crippen LogP contribution in [0.1, 0.15) is 52.5 Å². The zero-order valence-electron chi connectivity index (χ0n) is 21.1. The number of rotatable bonds is 5. The zero-order valence-corrected chi connectivity index (χ0v) is 21.1. The summed E-state index contributed by atoms with van der Waals surface area (Å²) >= 11 is 0. The molecule has 4 aromatic rings. The van der Waals surface area contributed by atoms with Gasteiger partial charge in [0.1, 0.15) is 0 Å². The summed E-state index contributed by atoms with van der Waals surface area (Å²) in [5.41, 5.74) is 10.5. The van der Waals surface area contributed by atoms with Crippen LogP contribution in [0, 0.1) is 0 Å². The molecule has 0 saturated heterocycles. The van der Waals surface area contributed by atoms with E-state index in [2.05, 4.69) is 121 Å². The molecule has 36 heavy (non-hydrogen) atoms. The van der Waals surface area contributed by atoms with E-state index >= 15 is 0 Å². The van der Waals surface area contributed by atoms with E-state index in [0.29, 0.717) is 11.8 Å². The normalized spacial score (nSPS) is 18.8. The highest BCUT2D eigenvalue weighted by atomic mass is 15.1. The second-order valence-electron chi connectivity index (χ2n) is 10.2. The summed E-state index contributed by atoms with van der Waals surface area (Å²) in [6.07, 6.45) is 4.30. The molecule has 180 valence electrons. The summed E-state index contributed by atoms with van der Waals surface area (Å²) < 4.78 is 0. The summed E-state index contributed by atoms with van der Waals surface area (Å²) in [6.45, 7) is 2.23. The van der Waals surface area contributed by atoms with Gasteiger partial charge < -0.3 is 9.80 Å². The van der Waals surface area contributed by atoms with Gasteiger partial charge in [0.25, 0.3) is 0 Å². The van der Waals surface area contributed by atoms with Crippen LogP contribution in [0.25, 0.3) is 0 Å². The average Bonchev–Trinajstić information content (AvgIpc) is 2.93. The van der Waals surface area contributed by atoms with Crippen molar-refractivity contribution in [3.8, 4) is 0 Å². The molecule has 0 aliphatic carbocycles. The Labute approximate surface area is 214 Å². The van der Waals surface area contributed by atoms with Crippen LogP contribution in [0.2, 0.25) is 0 Å². The minimum Gasteiger partial charge on any atom is -0.378 e. The van der Waals surface area contributed by atoms with Gasteiger partial charge in [0.05, 0.1) is 5.69 Å². The van der Waals surface area contributed by atoms with Crippen LogP contribution < -0.4 is 9.80 Å². The second-order valence-corrected chi connectivity index (χ2v) is 10.2. The van der Waals surface area contributed by atoms with Crippen LogP contribution in [0.3, 0.4) is 0 Å². The van der Waals surface area contributed by atoms with Gasteiger partial charge in [-0.2, -0.15) is 0 Å². The lowest BCUT2D eigenvalue weighted by Gasteiger charge is -2.43. The van der Waals surface area contributed by atoms with Gasteiger partial charge in [0.15, 0.2) is 0 Å². The lowest BCUT2D eigenvalue weighted by atomic mass is 9.76. The van der Waals surface area contributed by atoms with E-state index in [4.69, 9.17) is 4.99 Å². The molecule has 2 aliphatic rings. The largest absolute Gasteiger partial charge is 0.378 e. The summed E-state index contributed by atoms with van der Waals surface area (Å²) in [5.74, 6) is 0.806. The van der Waals surface area contributed by atoms with Crippen molar-refractivity contribution in [2.75, 3.05) is 37.0 Å². The van der Waals surface area contributed by atoms with Crippen LogP contribution in [0.5, 0.6) is 0 Å². The first kappa shape index (κ1) is 22.6. The molecule has 0 saturated carbocycles. The average molecular weight is 472 g/mol. The quantitative estimate of drug-likeness (QED) is 0.283. The molecule has 0 bridgehead atoms. The zero-order chi connectivity index (χ0) is 24.5. The monoisotopic (exact) mass is 471 g/mol. The van der Waals surface area contributed by atoms with Gasteiger partial charge in [-0.05, 0) is 64.9 Å². The van der Waals surface area contributed by atoms with Crippen molar-refractivity contribution in [2.45, 2.75) is 24.7 Å². The number of nitrogens with zero attached hydrogens (tertiary/aromatic N) is 3. The van der Waals surface area contributed by atoms with Crippen molar-refractivity contribution >= 4 is 23.3 Å². The Kier molecular flexibility index (Phi) is 6.06. The summed E-state index contributed by atoms with van der Waals surface area (Å²) in [4.78, 5) is 9.76. The van der Waals surface area contributed by atoms with Crippen molar-refractivity contribution in [2.24, 2.45) is 4.99 Å². The fourth-order valence-corrected chi connectivity index (χ4v) is 5.92. The molecule has 0 N–H and O–H groups in total. The maximum absolute atomic E-state index is 5.02. The Bertz CT molecular complexity index is 1280. The molecule has 0 radical (unpaired) electrons. The van der Waals surface area contributed by atoms with Crippen molar-refractivity contribution < 1.29 is 0 Å². The minimum absolute atomic E-state index is 0.403. The number of aliphatic imine (C=N–C) groups is 1. The van der Waals surface area contributed by atoms with E-state index in [0.717, 1.165) is 37.2 Å². The van der Waals surface area contributed by atoms with Gasteiger partial charge in [-0.1, -0.05) is 72.8 Å². The molecule has 0 aromatic heterocycles. The molecular formula is C33H33N3. The molecule has 2 heterocycles. The Morgan fingerprint density at radius 2 is 1.25 bits per heavy atom. The van der Waals surface area contributed by atoms with Crippen LogP contribution in [-0.2, 0) is 0 Å². The molecule has 2 atom stereocenters. The number of anilines is 2. The summed E-state index contributed by atoms with van der Waals surface area (Å²) in [7, 11) is 4.13. The van der Waals surface area contributed by atoms with Gasteiger partial charge in [-0.25, -0.2) is 0 Å². The first-order valence-electron chi connectivity index (χ1n) is 13.0. The standard InChI is InChI=1S/C33H33N3/c1-35(2)28-15-13-24(14-16-28)23-34-27-21-31-29(25-9-5-3-6-10-25)17-19-36-20-18-30(32(22-27)33(31)36)26-11-7-4-8-12-26/h3-16,21-23,29-30H,17-20H2,1-2H3/t29-,30+. The summed E-state index contributed by atoms with van der Waals surface area (Å²) in [5, 5.41) is 0. The van der Waals surface area contributed by atoms with Crippen molar-refractivity contribution in [3.05, 3.63) is 125 Å². The Morgan fingerprint density at radius 3 is 1.75 bits per heavy atom. The number of benzene rings is 4. The fraction of sp³-hybridized carbons (Fsp3) is 0.242. The highest BCUT2D eigenvalue weighted by Crippen LogP contribution is 2.49. The molecule has 2 aliphatic heterocycles. The van der Waals surface area contributed by atoms with Crippen molar-refractivity contribution in [3.63, 3.8) is 0 Å². The van der Waals surface area contributed by atoms with Crippen LogP contribution in [-0.4, -0.2) is 33.4 Å². The first-order chi connectivity index (χ1) is 17.7. The molecule has 0 fully saturated rings. The molecule has 6 rings (SSSR count). The number of hydrogen-bond acceptors (Lipinski definition) is 3. The van der Waals surface area contributed by atoms with Crippen molar-refractivity contribution in [1.29, 1.82) is 0 Å². The Balaban J connectivity index is 1.46. The van der Waals surface area contributed by atoms with Gasteiger partial charge in [-0.15, -0.1) is 0 Å². The van der Waals surface area contributed by atoms with Gasteiger partial charge in [0.2, 0.25) is 0 Å². The molecule has 0 unspecified atom stereocenters. The third-order valence-electron chi connectivity index (χ3n) is 7.77. The van der Waals surface area contributed by atoms with Gasteiger partial charge in [-0.3, -0.25) is 4.99 Å². The predicted octanol–water partition coefficient (Wildman–Crippen LogP) is 7.38. The SMILES string of the molecule is CN(C)c1ccc(C=Nc2cc3c4c(c2)[C@H](c2ccccc2)CCN4CC[C@@H]3c2ccccc2)cc1. The third-order valence-corrected chi connectivity index (χ3v) is 7.77. The van der Waals surface area contributed by atoms with Crippen molar-refractivity contribution in [1.82, 2.24) is 0 Å². The molecule has 3 nitrogen and oxygen atoms in total. The minimum atomic E-state index is 0.403. The van der Waals surface area contributed by atoms with Crippen LogP contribution in [0.15, 0.2) is 102 Å². The smallest absolute Gasteiger partial charge is 0.0637 e. The van der Waals surface area contributed by atoms with Gasteiger partial charge >= 0.3 is 0 Å². The van der Waals surface area contributed by atoms with E-state index in [1.54, 1.807) is 0 Å². The molecule has 3 heteroatoms. The van der Waals surface area contributed by atoms with E-state index in [1.807, 2.05) is 6.21 Å².